The lowest BCUT2D eigenvalue weighted by atomic mass is 10.0. The topological polar surface area (TPSA) is 78.9 Å². The summed E-state index contributed by atoms with van der Waals surface area (Å²) in [7, 11) is 0. The third-order valence-electron chi connectivity index (χ3n) is 13.0. The van der Waals surface area contributed by atoms with E-state index in [0.29, 0.717) is 19.3 Å². The molecule has 0 heterocycles. The Morgan fingerprint density at radius 2 is 0.524 bits per heavy atom. The summed E-state index contributed by atoms with van der Waals surface area (Å²) >= 11 is 0. The molecule has 6 nitrogen and oxygen atoms in total. The van der Waals surface area contributed by atoms with Crippen LogP contribution >= 0.6 is 0 Å². The molecule has 374 valence electrons. The van der Waals surface area contributed by atoms with E-state index in [0.717, 1.165) is 63.7 Å². The molecule has 0 aliphatic heterocycles. The first-order valence-electron chi connectivity index (χ1n) is 28.4. The minimum absolute atomic E-state index is 0.0628. The summed E-state index contributed by atoms with van der Waals surface area (Å²) in [5, 5.41) is 0. The first-order valence-corrected chi connectivity index (χ1v) is 28.4. The molecule has 0 N–H and O–H groups in total. The monoisotopic (exact) mass is 891 g/mol. The maximum atomic E-state index is 12.8. The van der Waals surface area contributed by atoms with E-state index in [1.807, 2.05) is 0 Å². The highest BCUT2D eigenvalue weighted by atomic mass is 16.6. The average molecular weight is 892 g/mol. The summed E-state index contributed by atoms with van der Waals surface area (Å²) < 4.78 is 16.9. The number of unbranched alkanes of at least 4 members (excludes halogenated alkanes) is 39. The quantitative estimate of drug-likeness (QED) is 0.0344. The Hall–Kier alpha value is -1.59. The fourth-order valence-corrected chi connectivity index (χ4v) is 8.75. The van der Waals surface area contributed by atoms with Crippen LogP contribution in [0, 0.1) is 5.92 Å². The van der Waals surface area contributed by atoms with Crippen LogP contribution in [0.1, 0.15) is 323 Å². The van der Waals surface area contributed by atoms with Crippen molar-refractivity contribution in [2.45, 2.75) is 329 Å². The summed E-state index contributed by atoms with van der Waals surface area (Å²) in [6, 6.07) is 0. The normalized spacial score (nSPS) is 12.0. The second-order valence-corrected chi connectivity index (χ2v) is 20.1. The second kappa shape index (κ2) is 51.4. The van der Waals surface area contributed by atoms with Crippen LogP contribution in [0.4, 0.5) is 0 Å². The van der Waals surface area contributed by atoms with Gasteiger partial charge in [0.25, 0.3) is 0 Å². The molecule has 0 amide bonds. The van der Waals surface area contributed by atoms with Crippen molar-refractivity contribution in [2.24, 2.45) is 5.92 Å². The molecule has 0 aliphatic rings. The van der Waals surface area contributed by atoms with Gasteiger partial charge in [0.2, 0.25) is 0 Å². The van der Waals surface area contributed by atoms with Crippen molar-refractivity contribution in [3.05, 3.63) is 0 Å². The smallest absolute Gasteiger partial charge is 0.306 e. The van der Waals surface area contributed by atoms with Gasteiger partial charge in [0, 0.05) is 19.3 Å². The third-order valence-corrected chi connectivity index (χ3v) is 13.0. The van der Waals surface area contributed by atoms with Gasteiger partial charge in [-0.1, -0.05) is 285 Å². The summed E-state index contributed by atoms with van der Waals surface area (Å²) in [4.78, 5) is 38.0. The predicted molar refractivity (Wildman–Crippen MR) is 270 cm³/mol. The molecule has 0 radical (unpaired) electrons. The fraction of sp³-hybridized carbons (Fsp3) is 0.947. The number of esters is 3. The maximum Gasteiger partial charge on any atom is 0.306 e. The standard InChI is InChI=1S/C57H110O6/c1-5-7-9-11-13-15-17-19-21-23-24-25-27-29-31-33-37-42-46-50-57(60)63-54(52-62-56(59)49-45-41-38-34-35-39-43-47-53(3)4)51-61-55(58)48-44-40-36-32-30-28-26-22-20-18-16-14-12-10-8-6-2/h53-54H,5-52H2,1-4H3/t54-/m0/s1. The van der Waals surface area contributed by atoms with Gasteiger partial charge in [-0.25, -0.2) is 0 Å². The highest BCUT2D eigenvalue weighted by Crippen LogP contribution is 2.18. The van der Waals surface area contributed by atoms with Gasteiger partial charge >= 0.3 is 17.9 Å². The highest BCUT2D eigenvalue weighted by molar-refractivity contribution is 5.71. The van der Waals surface area contributed by atoms with E-state index in [2.05, 4.69) is 27.7 Å². The Morgan fingerprint density at radius 1 is 0.302 bits per heavy atom. The first kappa shape index (κ1) is 61.4. The average Bonchev–Trinajstić information content (AvgIpc) is 3.27. The van der Waals surface area contributed by atoms with Gasteiger partial charge in [-0.3, -0.25) is 14.4 Å². The van der Waals surface area contributed by atoms with Crippen LogP contribution < -0.4 is 0 Å². The number of carbonyl (C=O) groups excluding carboxylic acids is 3. The molecule has 63 heavy (non-hydrogen) atoms. The van der Waals surface area contributed by atoms with Crippen LogP contribution in [0.3, 0.4) is 0 Å². The van der Waals surface area contributed by atoms with Crippen LogP contribution in [-0.2, 0) is 28.6 Å². The molecular weight excluding hydrogens is 781 g/mol. The lowest BCUT2D eigenvalue weighted by molar-refractivity contribution is -0.167. The summed E-state index contributed by atoms with van der Waals surface area (Å²) in [6.45, 7) is 9.00. The molecule has 0 aromatic heterocycles. The molecule has 6 heteroatoms. The SMILES string of the molecule is CCCCCCCCCCCCCCCCCCCCCC(=O)O[C@@H](COC(=O)CCCCCCCCCCCCCCCCCC)COC(=O)CCCCCCCCCC(C)C. The lowest BCUT2D eigenvalue weighted by Gasteiger charge is -2.18. The summed E-state index contributed by atoms with van der Waals surface area (Å²) in [6.07, 6.45) is 55.3. The number of ether oxygens (including phenoxy) is 3. The van der Waals surface area contributed by atoms with E-state index >= 15 is 0 Å². The lowest BCUT2D eigenvalue weighted by Crippen LogP contribution is -2.30. The Morgan fingerprint density at radius 3 is 0.778 bits per heavy atom. The fourth-order valence-electron chi connectivity index (χ4n) is 8.75. The van der Waals surface area contributed by atoms with Crippen molar-refractivity contribution in [1.82, 2.24) is 0 Å². The van der Waals surface area contributed by atoms with E-state index in [-0.39, 0.29) is 31.1 Å². The third kappa shape index (κ3) is 51.3. The van der Waals surface area contributed by atoms with Crippen molar-refractivity contribution in [3.63, 3.8) is 0 Å². The minimum Gasteiger partial charge on any atom is -0.462 e. The van der Waals surface area contributed by atoms with Gasteiger partial charge in [-0.2, -0.15) is 0 Å². The molecule has 0 bridgehead atoms. The Bertz CT molecular complexity index is 949. The van der Waals surface area contributed by atoms with Crippen molar-refractivity contribution < 1.29 is 28.6 Å². The number of carbonyl (C=O) groups is 3. The molecule has 0 aromatic carbocycles. The first-order chi connectivity index (χ1) is 30.9. The van der Waals surface area contributed by atoms with Crippen molar-refractivity contribution in [1.29, 1.82) is 0 Å². The number of rotatable bonds is 52. The van der Waals surface area contributed by atoms with Gasteiger partial charge in [-0.05, 0) is 25.2 Å². The van der Waals surface area contributed by atoms with Crippen molar-refractivity contribution >= 4 is 17.9 Å². The van der Waals surface area contributed by atoms with Gasteiger partial charge in [-0.15, -0.1) is 0 Å². The van der Waals surface area contributed by atoms with E-state index in [9.17, 15) is 14.4 Å². The molecule has 0 fully saturated rings. The van der Waals surface area contributed by atoms with Gasteiger partial charge < -0.3 is 14.2 Å². The Labute approximate surface area is 393 Å². The molecule has 1 atom stereocenters. The van der Waals surface area contributed by atoms with Crippen LogP contribution in [0.25, 0.3) is 0 Å². The van der Waals surface area contributed by atoms with Gasteiger partial charge in [0.05, 0.1) is 0 Å². The zero-order valence-corrected chi connectivity index (χ0v) is 43.0. The van der Waals surface area contributed by atoms with Gasteiger partial charge in [0.15, 0.2) is 6.10 Å². The number of hydrogen-bond acceptors (Lipinski definition) is 6. The van der Waals surface area contributed by atoms with Crippen LogP contribution in [0.15, 0.2) is 0 Å². The molecule has 0 rings (SSSR count). The highest BCUT2D eigenvalue weighted by Gasteiger charge is 2.19. The largest absolute Gasteiger partial charge is 0.462 e. The van der Waals surface area contributed by atoms with Crippen LogP contribution in [0.2, 0.25) is 0 Å². The van der Waals surface area contributed by atoms with E-state index in [1.165, 1.54) is 218 Å². The number of hydrogen-bond donors (Lipinski definition) is 0. The Kier molecular flexibility index (Phi) is 50.1. The maximum absolute atomic E-state index is 12.8. The molecule has 0 unspecified atom stereocenters. The van der Waals surface area contributed by atoms with Crippen molar-refractivity contribution in [2.75, 3.05) is 13.2 Å². The van der Waals surface area contributed by atoms with E-state index in [4.69, 9.17) is 14.2 Å². The van der Waals surface area contributed by atoms with Crippen LogP contribution in [0.5, 0.6) is 0 Å². The molecular formula is C57H110O6. The molecule has 0 saturated carbocycles. The van der Waals surface area contributed by atoms with E-state index in [1.54, 1.807) is 0 Å². The minimum atomic E-state index is -0.762. The zero-order chi connectivity index (χ0) is 45.9. The molecule has 0 spiro atoms. The molecule has 0 aliphatic carbocycles. The van der Waals surface area contributed by atoms with Crippen molar-refractivity contribution in [3.8, 4) is 0 Å². The predicted octanol–water partition coefficient (Wildman–Crippen LogP) is 18.6. The summed E-state index contributed by atoms with van der Waals surface area (Å²) in [5.74, 6) is -0.0599. The van der Waals surface area contributed by atoms with Gasteiger partial charge in [0.1, 0.15) is 13.2 Å². The second-order valence-electron chi connectivity index (χ2n) is 20.1. The Balaban J connectivity index is 4.24. The van der Waals surface area contributed by atoms with Crippen LogP contribution in [-0.4, -0.2) is 37.2 Å². The van der Waals surface area contributed by atoms with E-state index < -0.39 is 6.10 Å². The summed E-state index contributed by atoms with van der Waals surface area (Å²) in [5.41, 5.74) is 0. The zero-order valence-electron chi connectivity index (χ0n) is 43.0. The molecule has 0 aromatic rings. The molecule has 0 saturated heterocycles.